The normalized spacial score (nSPS) is 10.4. The van der Waals surface area contributed by atoms with Crippen molar-refractivity contribution in [2.45, 2.75) is 13.1 Å². The zero-order valence-electron chi connectivity index (χ0n) is 12.3. The summed E-state index contributed by atoms with van der Waals surface area (Å²) < 4.78 is 1.99. The van der Waals surface area contributed by atoms with Crippen LogP contribution in [0, 0.1) is 10.1 Å². The van der Waals surface area contributed by atoms with Gasteiger partial charge >= 0.3 is 5.69 Å². The van der Waals surface area contributed by atoms with E-state index in [0.29, 0.717) is 6.54 Å². The average molecular weight is 309 g/mol. The maximum absolute atomic E-state index is 10.9. The van der Waals surface area contributed by atoms with E-state index < -0.39 is 4.92 Å². The number of rotatable bonds is 6. The van der Waals surface area contributed by atoms with Crippen molar-refractivity contribution in [1.29, 1.82) is 0 Å². The van der Waals surface area contributed by atoms with Crippen molar-refractivity contribution in [3.05, 3.63) is 82.6 Å². The van der Waals surface area contributed by atoms with Crippen LogP contribution >= 0.6 is 0 Å². The highest BCUT2D eigenvalue weighted by atomic mass is 16.6. The highest BCUT2D eigenvalue weighted by Gasteiger charge is 2.13. The Balaban J connectivity index is 1.64. The molecule has 3 rings (SSSR count). The maximum atomic E-state index is 10.9. The van der Waals surface area contributed by atoms with Crippen LogP contribution in [0.5, 0.6) is 0 Å². The summed E-state index contributed by atoms with van der Waals surface area (Å²) in [5.74, 6) is 0.278. The second kappa shape index (κ2) is 6.69. The van der Waals surface area contributed by atoms with Gasteiger partial charge in [-0.2, -0.15) is 0 Å². The summed E-state index contributed by atoms with van der Waals surface area (Å²) in [6, 6.07) is 11.0. The van der Waals surface area contributed by atoms with E-state index >= 15 is 0 Å². The van der Waals surface area contributed by atoms with Crippen LogP contribution in [0.1, 0.15) is 11.1 Å². The van der Waals surface area contributed by atoms with Crippen LogP contribution < -0.4 is 5.32 Å². The van der Waals surface area contributed by atoms with Crippen LogP contribution in [0.4, 0.5) is 11.5 Å². The van der Waals surface area contributed by atoms with E-state index in [1.165, 1.54) is 12.3 Å². The van der Waals surface area contributed by atoms with Gasteiger partial charge in [-0.15, -0.1) is 0 Å². The van der Waals surface area contributed by atoms with Crippen molar-refractivity contribution in [2.75, 3.05) is 5.32 Å². The molecule has 0 atom stereocenters. The van der Waals surface area contributed by atoms with Gasteiger partial charge in [0.2, 0.25) is 5.82 Å². The third kappa shape index (κ3) is 3.70. The van der Waals surface area contributed by atoms with Gasteiger partial charge in [0, 0.05) is 37.7 Å². The predicted molar refractivity (Wildman–Crippen MR) is 86.0 cm³/mol. The highest BCUT2D eigenvalue weighted by Crippen LogP contribution is 2.21. The third-order valence-corrected chi connectivity index (χ3v) is 3.39. The van der Waals surface area contributed by atoms with Crippen LogP contribution in [0.2, 0.25) is 0 Å². The van der Waals surface area contributed by atoms with Gasteiger partial charge in [-0.05, 0) is 17.2 Å². The lowest BCUT2D eigenvalue weighted by atomic mass is 10.1. The molecule has 0 saturated carbocycles. The number of nitrogens with one attached hydrogen (secondary N) is 1. The number of aromatic nitrogens is 3. The molecule has 0 bridgehead atoms. The summed E-state index contributed by atoms with van der Waals surface area (Å²) >= 11 is 0. The molecule has 0 unspecified atom stereocenters. The highest BCUT2D eigenvalue weighted by molar-refractivity contribution is 5.55. The summed E-state index contributed by atoms with van der Waals surface area (Å²) in [5.41, 5.74) is 2.17. The largest absolute Gasteiger partial charge is 0.360 e. The number of imidazole rings is 1. The lowest BCUT2D eigenvalue weighted by Crippen LogP contribution is -2.04. The monoisotopic (exact) mass is 309 g/mol. The van der Waals surface area contributed by atoms with Crippen LogP contribution in [0.15, 0.2) is 61.3 Å². The first-order valence-electron chi connectivity index (χ1n) is 7.09. The average Bonchev–Trinajstić information content (AvgIpc) is 3.07. The van der Waals surface area contributed by atoms with E-state index in [-0.39, 0.29) is 11.5 Å². The molecule has 116 valence electrons. The van der Waals surface area contributed by atoms with Crippen molar-refractivity contribution in [3.63, 3.8) is 0 Å². The first kappa shape index (κ1) is 14.7. The fourth-order valence-electron chi connectivity index (χ4n) is 2.22. The molecule has 23 heavy (non-hydrogen) atoms. The van der Waals surface area contributed by atoms with E-state index in [9.17, 15) is 10.1 Å². The van der Waals surface area contributed by atoms with Gasteiger partial charge in [0.25, 0.3) is 0 Å². The van der Waals surface area contributed by atoms with E-state index in [1.807, 2.05) is 35.0 Å². The minimum absolute atomic E-state index is 0.0239. The lowest BCUT2D eigenvalue weighted by Gasteiger charge is -2.07. The quantitative estimate of drug-likeness (QED) is 0.559. The minimum Gasteiger partial charge on any atom is -0.360 e. The number of benzene rings is 1. The molecule has 0 spiro atoms. The van der Waals surface area contributed by atoms with Crippen molar-refractivity contribution in [1.82, 2.24) is 14.5 Å². The van der Waals surface area contributed by atoms with Crippen molar-refractivity contribution >= 4 is 11.5 Å². The second-order valence-electron chi connectivity index (χ2n) is 5.03. The number of hydrogen-bond donors (Lipinski definition) is 1. The molecule has 3 aromatic rings. The molecular formula is C16H15N5O2. The van der Waals surface area contributed by atoms with E-state index in [2.05, 4.69) is 15.3 Å². The molecule has 0 aliphatic carbocycles. The Hall–Kier alpha value is -3.22. The Morgan fingerprint density at radius 1 is 1.13 bits per heavy atom. The molecule has 1 N–H and O–H groups in total. The van der Waals surface area contributed by atoms with Crippen LogP contribution in [0.3, 0.4) is 0 Å². The van der Waals surface area contributed by atoms with Gasteiger partial charge in [-0.25, -0.2) is 9.97 Å². The molecule has 0 aliphatic rings. The number of nitro groups is 1. The Labute approximate surface area is 132 Å². The second-order valence-corrected chi connectivity index (χ2v) is 5.03. The van der Waals surface area contributed by atoms with Gasteiger partial charge in [-0.1, -0.05) is 24.3 Å². The number of nitrogens with zero attached hydrogens (tertiary/aromatic N) is 4. The first-order chi connectivity index (χ1) is 11.2. The van der Waals surface area contributed by atoms with Crippen molar-refractivity contribution in [2.24, 2.45) is 0 Å². The number of pyridine rings is 1. The zero-order valence-corrected chi connectivity index (χ0v) is 12.3. The Morgan fingerprint density at radius 2 is 1.91 bits per heavy atom. The van der Waals surface area contributed by atoms with Crippen LogP contribution in [0.25, 0.3) is 0 Å². The van der Waals surface area contributed by atoms with Crippen LogP contribution in [-0.4, -0.2) is 19.5 Å². The predicted octanol–water partition coefficient (Wildman–Crippen LogP) is 2.85. The fraction of sp³-hybridized carbons (Fsp3) is 0.125. The first-order valence-corrected chi connectivity index (χ1v) is 7.09. The summed E-state index contributed by atoms with van der Waals surface area (Å²) in [6.45, 7) is 1.24. The molecule has 1 aromatic carbocycles. The summed E-state index contributed by atoms with van der Waals surface area (Å²) in [6.07, 6.45) is 6.97. The molecule has 2 heterocycles. The zero-order chi connectivity index (χ0) is 16.1. The van der Waals surface area contributed by atoms with Crippen LogP contribution in [-0.2, 0) is 13.1 Å². The number of anilines is 1. The van der Waals surface area contributed by atoms with Crippen molar-refractivity contribution in [3.8, 4) is 0 Å². The van der Waals surface area contributed by atoms with E-state index in [1.54, 1.807) is 18.6 Å². The lowest BCUT2D eigenvalue weighted by molar-refractivity contribution is -0.384. The minimum atomic E-state index is -0.441. The summed E-state index contributed by atoms with van der Waals surface area (Å²) in [7, 11) is 0. The molecule has 0 saturated heterocycles. The molecule has 0 fully saturated rings. The van der Waals surface area contributed by atoms with E-state index in [4.69, 9.17) is 0 Å². The summed E-state index contributed by atoms with van der Waals surface area (Å²) in [4.78, 5) is 18.5. The van der Waals surface area contributed by atoms with Gasteiger partial charge < -0.3 is 9.88 Å². The molecule has 7 nitrogen and oxygen atoms in total. The molecule has 0 aliphatic heterocycles. The van der Waals surface area contributed by atoms with E-state index in [0.717, 1.165) is 17.7 Å². The molecule has 0 amide bonds. The Kier molecular flexibility index (Phi) is 4.28. The Bertz CT molecular complexity index is 784. The summed E-state index contributed by atoms with van der Waals surface area (Å²) in [5, 5.41) is 14.0. The third-order valence-electron chi connectivity index (χ3n) is 3.39. The topological polar surface area (TPSA) is 85.9 Å². The number of hydrogen-bond acceptors (Lipinski definition) is 5. The smallest absolute Gasteiger partial charge is 0.311 e. The fourth-order valence-corrected chi connectivity index (χ4v) is 2.22. The van der Waals surface area contributed by atoms with Gasteiger partial charge in [0.05, 0.1) is 11.3 Å². The standard InChI is InChI=1S/C16H15N5O2/c22-21(23)15-2-1-7-18-16(15)19-10-13-3-5-14(6-4-13)11-20-9-8-17-12-20/h1-9,12H,10-11H2,(H,18,19). The molecule has 2 aromatic heterocycles. The SMILES string of the molecule is O=[N+]([O-])c1cccnc1NCc1ccc(Cn2ccnc2)cc1. The van der Waals surface area contributed by atoms with Gasteiger partial charge in [0.1, 0.15) is 0 Å². The Morgan fingerprint density at radius 3 is 2.61 bits per heavy atom. The van der Waals surface area contributed by atoms with Gasteiger partial charge in [-0.3, -0.25) is 10.1 Å². The molecule has 7 heteroatoms. The van der Waals surface area contributed by atoms with Gasteiger partial charge in [0.15, 0.2) is 0 Å². The molecule has 0 radical (unpaired) electrons. The van der Waals surface area contributed by atoms with Crippen molar-refractivity contribution < 1.29 is 4.92 Å². The maximum Gasteiger partial charge on any atom is 0.311 e. The molecular weight excluding hydrogens is 294 g/mol.